The molecule has 1 spiro atoms. The molecule has 7 heteroatoms. The van der Waals surface area contributed by atoms with Gasteiger partial charge in [-0.1, -0.05) is 12.8 Å². The second kappa shape index (κ2) is 9.05. The van der Waals surface area contributed by atoms with Crippen molar-refractivity contribution < 1.29 is 9.53 Å². The molecule has 0 heterocycles. The Bertz CT molecular complexity index is 422. The highest BCUT2D eigenvalue weighted by molar-refractivity contribution is 14.0. The van der Waals surface area contributed by atoms with E-state index in [2.05, 4.69) is 22.5 Å². The maximum Gasteiger partial charge on any atom is 0.241 e. The first kappa shape index (κ1) is 20.5. The van der Waals surface area contributed by atoms with Gasteiger partial charge in [0, 0.05) is 39.2 Å². The van der Waals surface area contributed by atoms with Crippen LogP contribution in [0.5, 0.6) is 0 Å². The first-order valence-corrected chi connectivity index (χ1v) is 8.32. The van der Waals surface area contributed by atoms with Crippen LogP contribution in [0.15, 0.2) is 4.99 Å². The molecule has 23 heavy (non-hydrogen) atoms. The smallest absolute Gasteiger partial charge is 0.241 e. The molecule has 0 radical (unpaired) electrons. The molecule has 0 bridgehead atoms. The molecule has 2 saturated carbocycles. The van der Waals surface area contributed by atoms with Gasteiger partial charge in [0.1, 0.15) is 0 Å². The van der Waals surface area contributed by atoms with Gasteiger partial charge in [-0.2, -0.15) is 0 Å². The molecule has 0 aromatic carbocycles. The average Bonchev–Trinajstić information content (AvgIpc) is 3.01. The Morgan fingerprint density at radius 2 is 2.00 bits per heavy atom. The van der Waals surface area contributed by atoms with E-state index in [1.807, 2.05) is 0 Å². The monoisotopic (exact) mass is 438 g/mol. The number of guanidine groups is 1. The van der Waals surface area contributed by atoms with Gasteiger partial charge in [0.05, 0.1) is 12.6 Å². The highest BCUT2D eigenvalue weighted by Gasteiger charge is 2.56. The number of nitrogens with one attached hydrogen (secondary N) is 2. The quantitative estimate of drug-likeness (QED) is 0.389. The first-order chi connectivity index (χ1) is 10.5. The van der Waals surface area contributed by atoms with Crippen molar-refractivity contribution in [2.24, 2.45) is 10.4 Å². The van der Waals surface area contributed by atoms with Crippen molar-refractivity contribution in [2.75, 3.05) is 34.3 Å². The molecule has 0 aromatic rings. The van der Waals surface area contributed by atoms with Crippen LogP contribution < -0.4 is 10.6 Å². The lowest BCUT2D eigenvalue weighted by molar-refractivity contribution is -0.128. The van der Waals surface area contributed by atoms with Gasteiger partial charge >= 0.3 is 0 Å². The summed E-state index contributed by atoms with van der Waals surface area (Å²) < 4.78 is 5.93. The molecule has 2 fully saturated rings. The Kier molecular flexibility index (Phi) is 8.06. The summed E-state index contributed by atoms with van der Waals surface area (Å²) in [7, 11) is 5.26. The van der Waals surface area contributed by atoms with Gasteiger partial charge in [0.2, 0.25) is 5.91 Å². The fraction of sp³-hybridized carbons (Fsp3) is 0.875. The van der Waals surface area contributed by atoms with E-state index in [9.17, 15) is 4.79 Å². The van der Waals surface area contributed by atoms with E-state index in [0.29, 0.717) is 18.1 Å². The Labute approximate surface area is 156 Å². The van der Waals surface area contributed by atoms with Crippen molar-refractivity contribution in [1.29, 1.82) is 0 Å². The van der Waals surface area contributed by atoms with Crippen molar-refractivity contribution >= 4 is 35.8 Å². The van der Waals surface area contributed by atoms with Crippen LogP contribution in [0.3, 0.4) is 0 Å². The standard InChI is InChI=1S/C16H30N4O2.HI/c1-5-22-13-10-12(16(13)8-6-7-9-16)19-15(17-2)18-11-14(21)20(3)4;/h12-13H,5-11H2,1-4H3,(H2,17,18,19);1H. The average molecular weight is 438 g/mol. The highest BCUT2D eigenvalue weighted by atomic mass is 127. The lowest BCUT2D eigenvalue weighted by Gasteiger charge is -2.54. The fourth-order valence-corrected chi connectivity index (χ4v) is 3.77. The van der Waals surface area contributed by atoms with Crippen LogP contribution in [-0.2, 0) is 9.53 Å². The highest BCUT2D eigenvalue weighted by Crippen LogP contribution is 2.54. The third-order valence-corrected chi connectivity index (χ3v) is 5.13. The molecule has 134 valence electrons. The van der Waals surface area contributed by atoms with Gasteiger partial charge in [0.15, 0.2) is 5.96 Å². The second-order valence-electron chi connectivity index (χ2n) is 6.53. The van der Waals surface area contributed by atoms with Crippen LogP contribution >= 0.6 is 24.0 Å². The summed E-state index contributed by atoms with van der Waals surface area (Å²) in [4.78, 5) is 17.5. The molecule has 2 unspecified atom stereocenters. The molecule has 2 aliphatic rings. The molecule has 1 amide bonds. The summed E-state index contributed by atoms with van der Waals surface area (Å²) in [5.74, 6) is 0.751. The molecular formula is C16H31IN4O2. The lowest BCUT2D eigenvalue weighted by atomic mass is 9.60. The van der Waals surface area contributed by atoms with Crippen molar-refractivity contribution in [3.63, 3.8) is 0 Å². The first-order valence-electron chi connectivity index (χ1n) is 8.32. The molecule has 6 nitrogen and oxygen atoms in total. The zero-order valence-corrected chi connectivity index (χ0v) is 17.1. The van der Waals surface area contributed by atoms with E-state index < -0.39 is 0 Å². The van der Waals surface area contributed by atoms with Gasteiger partial charge in [-0.15, -0.1) is 24.0 Å². The predicted octanol–water partition coefficient (Wildman–Crippen LogP) is 1.60. The van der Waals surface area contributed by atoms with Crippen molar-refractivity contribution in [2.45, 2.75) is 51.2 Å². The van der Waals surface area contributed by atoms with E-state index in [4.69, 9.17) is 4.74 Å². The van der Waals surface area contributed by atoms with Crippen LogP contribution in [0.25, 0.3) is 0 Å². The van der Waals surface area contributed by atoms with E-state index in [1.165, 1.54) is 25.7 Å². The lowest BCUT2D eigenvalue weighted by Crippen LogP contribution is -2.65. The number of rotatable bonds is 5. The van der Waals surface area contributed by atoms with E-state index in [0.717, 1.165) is 13.0 Å². The Morgan fingerprint density at radius 3 is 2.52 bits per heavy atom. The Balaban J connectivity index is 0.00000264. The number of amides is 1. The minimum atomic E-state index is 0. The molecule has 2 N–H and O–H groups in total. The summed E-state index contributed by atoms with van der Waals surface area (Å²) in [6.45, 7) is 3.11. The van der Waals surface area contributed by atoms with Crippen LogP contribution in [0.4, 0.5) is 0 Å². The van der Waals surface area contributed by atoms with Crippen LogP contribution in [0.2, 0.25) is 0 Å². The van der Waals surface area contributed by atoms with Gasteiger partial charge in [-0.3, -0.25) is 9.79 Å². The largest absolute Gasteiger partial charge is 0.378 e. The maximum atomic E-state index is 11.7. The number of hydrogen-bond acceptors (Lipinski definition) is 3. The number of aliphatic imine (C=N–C) groups is 1. The normalized spacial score (nSPS) is 25.5. The summed E-state index contributed by atoms with van der Waals surface area (Å²) in [6.07, 6.45) is 6.42. The molecule has 2 atom stereocenters. The number of carbonyl (C=O) groups excluding carboxylic acids is 1. The van der Waals surface area contributed by atoms with Gasteiger partial charge in [-0.05, 0) is 26.2 Å². The Morgan fingerprint density at radius 1 is 1.35 bits per heavy atom. The van der Waals surface area contributed by atoms with Crippen molar-refractivity contribution in [3.05, 3.63) is 0 Å². The molecule has 2 aliphatic carbocycles. The predicted molar refractivity (Wildman–Crippen MR) is 103 cm³/mol. The van der Waals surface area contributed by atoms with E-state index in [1.54, 1.807) is 26.0 Å². The molecule has 0 saturated heterocycles. The fourth-order valence-electron chi connectivity index (χ4n) is 3.77. The summed E-state index contributed by atoms with van der Waals surface area (Å²) in [5, 5.41) is 6.62. The van der Waals surface area contributed by atoms with Gasteiger partial charge < -0.3 is 20.3 Å². The van der Waals surface area contributed by atoms with Crippen molar-refractivity contribution in [1.82, 2.24) is 15.5 Å². The topological polar surface area (TPSA) is 66.0 Å². The summed E-state index contributed by atoms with van der Waals surface area (Å²) in [5.41, 5.74) is 0.263. The number of halogens is 1. The van der Waals surface area contributed by atoms with Gasteiger partial charge in [0.25, 0.3) is 0 Å². The van der Waals surface area contributed by atoms with Crippen LogP contribution in [-0.4, -0.2) is 63.2 Å². The number of hydrogen-bond donors (Lipinski definition) is 2. The van der Waals surface area contributed by atoms with Gasteiger partial charge in [-0.25, -0.2) is 0 Å². The minimum absolute atomic E-state index is 0. The molecular weight excluding hydrogens is 407 g/mol. The zero-order valence-electron chi connectivity index (χ0n) is 14.7. The van der Waals surface area contributed by atoms with E-state index >= 15 is 0 Å². The third kappa shape index (κ3) is 4.49. The molecule has 2 rings (SSSR count). The summed E-state index contributed by atoms with van der Waals surface area (Å²) >= 11 is 0. The molecule has 0 aliphatic heterocycles. The number of likely N-dealkylation sites (N-methyl/N-ethyl adjacent to an activating group) is 1. The number of carbonyl (C=O) groups is 1. The minimum Gasteiger partial charge on any atom is -0.378 e. The van der Waals surface area contributed by atoms with Crippen LogP contribution in [0, 0.1) is 5.41 Å². The van der Waals surface area contributed by atoms with E-state index in [-0.39, 0.29) is 41.8 Å². The number of nitrogens with zero attached hydrogens (tertiary/aromatic N) is 2. The Hall–Kier alpha value is -0.570. The van der Waals surface area contributed by atoms with Crippen LogP contribution in [0.1, 0.15) is 39.0 Å². The summed E-state index contributed by atoms with van der Waals surface area (Å²) in [6, 6.07) is 0.396. The molecule has 0 aromatic heterocycles. The second-order valence-corrected chi connectivity index (χ2v) is 6.53. The number of ether oxygens (including phenoxy) is 1. The maximum absolute atomic E-state index is 11.7. The zero-order chi connectivity index (χ0) is 16.2. The third-order valence-electron chi connectivity index (χ3n) is 5.13. The SMILES string of the molecule is CCOC1CC(NC(=NC)NCC(=O)N(C)C)C12CCCC2.I. The van der Waals surface area contributed by atoms with Crippen molar-refractivity contribution in [3.8, 4) is 0 Å².